The second kappa shape index (κ2) is 7.96. The molecular formula is C19H24N4O2. The van der Waals surface area contributed by atoms with Crippen LogP contribution in [0.15, 0.2) is 36.7 Å². The van der Waals surface area contributed by atoms with Crippen molar-refractivity contribution in [2.75, 3.05) is 23.3 Å². The van der Waals surface area contributed by atoms with E-state index < -0.39 is 0 Å². The molecular weight excluding hydrogens is 316 g/mol. The van der Waals surface area contributed by atoms with Crippen molar-refractivity contribution in [3.63, 3.8) is 0 Å². The highest BCUT2D eigenvalue weighted by Crippen LogP contribution is 2.18. The van der Waals surface area contributed by atoms with Gasteiger partial charge in [0.2, 0.25) is 5.95 Å². The molecule has 6 heteroatoms. The first-order chi connectivity index (χ1) is 12.1. The number of anilines is 2. The maximum Gasteiger partial charge on any atom is 0.258 e. The van der Waals surface area contributed by atoms with Gasteiger partial charge in [-0.25, -0.2) is 9.97 Å². The van der Waals surface area contributed by atoms with Gasteiger partial charge in [-0.2, -0.15) is 0 Å². The van der Waals surface area contributed by atoms with Gasteiger partial charge in [-0.15, -0.1) is 0 Å². The summed E-state index contributed by atoms with van der Waals surface area (Å²) in [4.78, 5) is 23.2. The first-order valence-corrected chi connectivity index (χ1v) is 8.77. The lowest BCUT2D eigenvalue weighted by atomic mass is 10.1. The number of carbonyl (C=O) groups excluding carboxylic acids is 1. The fraction of sp³-hybridized carbons (Fsp3) is 0.421. The van der Waals surface area contributed by atoms with Gasteiger partial charge in [0.05, 0.1) is 11.7 Å². The summed E-state index contributed by atoms with van der Waals surface area (Å²) >= 11 is 0. The van der Waals surface area contributed by atoms with E-state index in [2.05, 4.69) is 20.2 Å². The zero-order valence-corrected chi connectivity index (χ0v) is 14.7. The largest absolute Gasteiger partial charge is 0.491 e. The highest BCUT2D eigenvalue weighted by atomic mass is 16.5. The number of nitrogens with zero attached hydrogens (tertiary/aromatic N) is 3. The van der Waals surface area contributed by atoms with Crippen LogP contribution >= 0.6 is 0 Å². The van der Waals surface area contributed by atoms with Crippen molar-refractivity contribution >= 4 is 17.5 Å². The quantitative estimate of drug-likeness (QED) is 0.902. The Morgan fingerprint density at radius 1 is 1.08 bits per heavy atom. The minimum absolute atomic E-state index is 0.121. The number of hydrogen-bond donors (Lipinski definition) is 1. The van der Waals surface area contributed by atoms with E-state index in [1.54, 1.807) is 12.4 Å². The van der Waals surface area contributed by atoms with Crippen LogP contribution in [0, 0.1) is 0 Å². The molecule has 0 saturated carbocycles. The van der Waals surface area contributed by atoms with Crippen molar-refractivity contribution in [3.8, 4) is 5.75 Å². The van der Waals surface area contributed by atoms with E-state index in [0.717, 1.165) is 18.8 Å². The normalized spacial score (nSPS) is 14.4. The number of piperidine rings is 1. The van der Waals surface area contributed by atoms with Gasteiger partial charge in [0.15, 0.2) is 0 Å². The van der Waals surface area contributed by atoms with Gasteiger partial charge in [-0.3, -0.25) is 4.79 Å². The summed E-state index contributed by atoms with van der Waals surface area (Å²) in [6, 6.07) is 7.31. The SMILES string of the molecule is CC(C)Oc1ccc(NC(=O)c2cnc(N3CCCCC3)nc2)cc1. The molecule has 1 saturated heterocycles. The average Bonchev–Trinajstić information content (AvgIpc) is 2.64. The van der Waals surface area contributed by atoms with Gasteiger partial charge >= 0.3 is 0 Å². The van der Waals surface area contributed by atoms with Crippen LogP contribution in [0.2, 0.25) is 0 Å². The molecule has 1 aromatic heterocycles. The van der Waals surface area contributed by atoms with Gasteiger partial charge in [-0.1, -0.05) is 0 Å². The van der Waals surface area contributed by atoms with Crippen LogP contribution in [0.4, 0.5) is 11.6 Å². The van der Waals surface area contributed by atoms with E-state index in [4.69, 9.17) is 4.74 Å². The third kappa shape index (κ3) is 4.68. The molecule has 3 rings (SSSR count). The monoisotopic (exact) mass is 340 g/mol. The fourth-order valence-electron chi connectivity index (χ4n) is 2.79. The zero-order valence-electron chi connectivity index (χ0n) is 14.7. The topological polar surface area (TPSA) is 67.3 Å². The first kappa shape index (κ1) is 17.2. The molecule has 2 heterocycles. The molecule has 1 fully saturated rings. The van der Waals surface area contributed by atoms with Gasteiger partial charge in [-0.05, 0) is 57.4 Å². The molecule has 1 aliphatic heterocycles. The molecule has 2 aromatic rings. The molecule has 1 amide bonds. The highest BCUT2D eigenvalue weighted by Gasteiger charge is 2.14. The smallest absolute Gasteiger partial charge is 0.258 e. The van der Waals surface area contributed by atoms with Crippen LogP contribution in [-0.4, -0.2) is 35.1 Å². The summed E-state index contributed by atoms with van der Waals surface area (Å²) < 4.78 is 5.59. The van der Waals surface area contributed by atoms with Crippen LogP contribution in [0.3, 0.4) is 0 Å². The van der Waals surface area contributed by atoms with Crippen LogP contribution < -0.4 is 15.0 Å². The van der Waals surface area contributed by atoms with Crippen LogP contribution in [-0.2, 0) is 0 Å². The van der Waals surface area contributed by atoms with Crippen molar-refractivity contribution < 1.29 is 9.53 Å². The predicted molar refractivity (Wildman–Crippen MR) is 98.3 cm³/mol. The molecule has 0 unspecified atom stereocenters. The van der Waals surface area contributed by atoms with E-state index in [-0.39, 0.29) is 12.0 Å². The number of hydrogen-bond acceptors (Lipinski definition) is 5. The first-order valence-electron chi connectivity index (χ1n) is 8.77. The standard InChI is InChI=1S/C19H24N4O2/c1-14(2)25-17-8-6-16(7-9-17)22-18(24)15-12-20-19(21-13-15)23-10-4-3-5-11-23/h6-9,12-14H,3-5,10-11H2,1-2H3,(H,22,24). The lowest BCUT2D eigenvalue weighted by Gasteiger charge is -2.26. The van der Waals surface area contributed by atoms with Crippen molar-refractivity contribution in [1.29, 1.82) is 0 Å². The number of ether oxygens (including phenoxy) is 1. The molecule has 0 atom stereocenters. The Labute approximate surface area is 148 Å². The number of nitrogens with one attached hydrogen (secondary N) is 1. The summed E-state index contributed by atoms with van der Waals surface area (Å²) in [7, 11) is 0. The van der Waals surface area contributed by atoms with E-state index in [1.807, 2.05) is 38.1 Å². The summed E-state index contributed by atoms with van der Waals surface area (Å²) in [5.41, 5.74) is 1.16. The summed E-state index contributed by atoms with van der Waals surface area (Å²) in [6.45, 7) is 5.92. The minimum atomic E-state index is -0.220. The van der Waals surface area contributed by atoms with Gasteiger partial charge < -0.3 is 15.0 Å². The van der Waals surface area contributed by atoms with E-state index in [9.17, 15) is 4.79 Å². The summed E-state index contributed by atoms with van der Waals surface area (Å²) in [6.07, 6.45) is 6.89. The van der Waals surface area contributed by atoms with Gasteiger partial charge in [0.1, 0.15) is 5.75 Å². The highest BCUT2D eigenvalue weighted by molar-refractivity contribution is 6.03. The Morgan fingerprint density at radius 3 is 2.32 bits per heavy atom. The molecule has 1 aromatic carbocycles. The molecule has 0 spiro atoms. The summed E-state index contributed by atoms with van der Waals surface area (Å²) in [5, 5.41) is 2.85. The van der Waals surface area contributed by atoms with E-state index >= 15 is 0 Å². The Balaban J connectivity index is 1.60. The number of rotatable bonds is 5. The maximum atomic E-state index is 12.3. The molecule has 1 N–H and O–H groups in total. The molecule has 6 nitrogen and oxygen atoms in total. The second-order valence-electron chi connectivity index (χ2n) is 6.46. The number of aromatic nitrogens is 2. The molecule has 25 heavy (non-hydrogen) atoms. The third-order valence-corrected chi connectivity index (χ3v) is 4.02. The maximum absolute atomic E-state index is 12.3. The predicted octanol–water partition coefficient (Wildman–Crippen LogP) is 3.51. The van der Waals surface area contributed by atoms with Crippen molar-refractivity contribution in [2.45, 2.75) is 39.2 Å². The van der Waals surface area contributed by atoms with Gasteiger partial charge in [0.25, 0.3) is 5.91 Å². The summed E-state index contributed by atoms with van der Waals surface area (Å²) in [5.74, 6) is 1.26. The molecule has 0 bridgehead atoms. The van der Waals surface area contributed by atoms with Crippen molar-refractivity contribution in [1.82, 2.24) is 9.97 Å². The Morgan fingerprint density at radius 2 is 1.72 bits per heavy atom. The molecule has 0 radical (unpaired) electrons. The van der Waals surface area contributed by atoms with Gasteiger partial charge in [0, 0.05) is 31.2 Å². The number of benzene rings is 1. The van der Waals surface area contributed by atoms with E-state index in [1.165, 1.54) is 19.3 Å². The lowest BCUT2D eigenvalue weighted by molar-refractivity contribution is 0.102. The average molecular weight is 340 g/mol. The lowest BCUT2D eigenvalue weighted by Crippen LogP contribution is -2.31. The molecule has 1 aliphatic rings. The Hall–Kier alpha value is -2.63. The van der Waals surface area contributed by atoms with Crippen LogP contribution in [0.5, 0.6) is 5.75 Å². The van der Waals surface area contributed by atoms with E-state index in [0.29, 0.717) is 17.2 Å². The number of amides is 1. The third-order valence-electron chi connectivity index (χ3n) is 4.02. The molecule has 0 aliphatic carbocycles. The van der Waals surface area contributed by atoms with Crippen LogP contribution in [0.1, 0.15) is 43.5 Å². The van der Waals surface area contributed by atoms with Crippen molar-refractivity contribution in [3.05, 3.63) is 42.2 Å². The second-order valence-corrected chi connectivity index (χ2v) is 6.46. The van der Waals surface area contributed by atoms with Crippen molar-refractivity contribution in [2.24, 2.45) is 0 Å². The van der Waals surface area contributed by atoms with Crippen LogP contribution in [0.25, 0.3) is 0 Å². The Bertz CT molecular complexity index is 692. The fourth-order valence-corrected chi connectivity index (χ4v) is 2.79. The number of carbonyl (C=O) groups is 1. The Kier molecular flexibility index (Phi) is 5.48. The zero-order chi connectivity index (χ0) is 17.6. The minimum Gasteiger partial charge on any atom is -0.491 e. The molecule has 132 valence electrons.